The molecule has 110 valence electrons. The maximum Gasteiger partial charge on any atom is 0.363 e. The highest BCUT2D eigenvalue weighted by molar-refractivity contribution is 6.14. The Kier molecular flexibility index (Phi) is 3.30. The Balaban J connectivity index is 2.00. The number of para-hydroxylation sites is 1. The van der Waals surface area contributed by atoms with Crippen LogP contribution in [0.5, 0.6) is 0 Å². The summed E-state index contributed by atoms with van der Waals surface area (Å²) < 4.78 is 10.4. The lowest BCUT2D eigenvalue weighted by Crippen LogP contribution is -2.07. The molecule has 0 radical (unpaired) electrons. The predicted octanol–water partition coefficient (Wildman–Crippen LogP) is 2.84. The number of furan rings is 1. The molecule has 0 atom stereocenters. The first-order chi connectivity index (χ1) is 10.5. The molecule has 3 rings (SSSR count). The van der Waals surface area contributed by atoms with Crippen LogP contribution in [-0.2, 0) is 9.53 Å². The van der Waals surface area contributed by atoms with Crippen molar-refractivity contribution in [3.05, 3.63) is 69.3 Å². The monoisotopic (exact) mass is 298 g/mol. The van der Waals surface area contributed by atoms with Crippen LogP contribution < -0.4 is 0 Å². The third kappa shape index (κ3) is 2.51. The standard InChI is InChI=1S/C15H10N2O5/c1-9-6-7-10(21-9)8-12-15(18)22-14(16-12)11-4-2-3-5-13(11)17(19)20/h2-8H,1H3. The fourth-order valence-electron chi connectivity index (χ4n) is 2.00. The maximum atomic E-state index is 11.8. The zero-order valence-corrected chi connectivity index (χ0v) is 11.5. The Hall–Kier alpha value is -3.22. The van der Waals surface area contributed by atoms with E-state index < -0.39 is 10.9 Å². The van der Waals surface area contributed by atoms with E-state index in [0.29, 0.717) is 11.5 Å². The van der Waals surface area contributed by atoms with Crippen LogP contribution in [0.2, 0.25) is 0 Å². The number of nitro benzene ring substituents is 1. The number of cyclic esters (lactones) is 1. The Morgan fingerprint density at radius 1 is 1.23 bits per heavy atom. The number of benzene rings is 1. The zero-order chi connectivity index (χ0) is 15.7. The zero-order valence-electron chi connectivity index (χ0n) is 11.5. The summed E-state index contributed by atoms with van der Waals surface area (Å²) >= 11 is 0. The van der Waals surface area contributed by atoms with Crippen LogP contribution in [0.15, 0.2) is 51.5 Å². The van der Waals surface area contributed by atoms with Gasteiger partial charge in [-0.05, 0) is 25.1 Å². The number of aryl methyl sites for hydroxylation is 1. The Bertz CT molecular complexity index is 832. The molecular formula is C15H10N2O5. The highest BCUT2D eigenvalue weighted by Gasteiger charge is 2.29. The van der Waals surface area contributed by atoms with Gasteiger partial charge in [-0.3, -0.25) is 10.1 Å². The number of hydrogen-bond acceptors (Lipinski definition) is 6. The first-order valence-electron chi connectivity index (χ1n) is 6.37. The second-order valence-corrected chi connectivity index (χ2v) is 4.56. The van der Waals surface area contributed by atoms with E-state index in [9.17, 15) is 14.9 Å². The topological polar surface area (TPSA) is 94.9 Å². The number of carbonyl (C=O) groups excluding carboxylic acids is 1. The van der Waals surface area contributed by atoms with Crippen molar-refractivity contribution in [2.24, 2.45) is 4.99 Å². The van der Waals surface area contributed by atoms with Crippen LogP contribution in [0.25, 0.3) is 6.08 Å². The second kappa shape index (κ2) is 5.28. The van der Waals surface area contributed by atoms with Crippen molar-refractivity contribution in [3.8, 4) is 0 Å². The highest BCUT2D eigenvalue weighted by Crippen LogP contribution is 2.25. The van der Waals surface area contributed by atoms with Crippen molar-refractivity contribution in [1.29, 1.82) is 0 Å². The quantitative estimate of drug-likeness (QED) is 0.376. The molecule has 2 aromatic rings. The molecule has 0 saturated carbocycles. The van der Waals surface area contributed by atoms with Gasteiger partial charge in [-0.15, -0.1) is 0 Å². The number of hydrogen-bond donors (Lipinski definition) is 0. The van der Waals surface area contributed by atoms with E-state index in [1.807, 2.05) is 0 Å². The van der Waals surface area contributed by atoms with Gasteiger partial charge in [-0.1, -0.05) is 12.1 Å². The minimum atomic E-state index is -0.679. The van der Waals surface area contributed by atoms with E-state index in [2.05, 4.69) is 4.99 Å². The summed E-state index contributed by atoms with van der Waals surface area (Å²) in [6, 6.07) is 9.37. The SMILES string of the molecule is Cc1ccc(C=C2N=C(c3ccccc3[N+](=O)[O-])OC2=O)o1. The summed E-state index contributed by atoms with van der Waals surface area (Å²) in [5.74, 6) is 0.382. The summed E-state index contributed by atoms with van der Waals surface area (Å²) in [4.78, 5) is 26.3. The number of rotatable bonds is 3. The average molecular weight is 298 g/mol. The molecule has 0 unspecified atom stereocenters. The molecule has 0 N–H and O–H groups in total. The summed E-state index contributed by atoms with van der Waals surface area (Å²) in [5.41, 5.74) is 0.00604. The first kappa shape index (κ1) is 13.7. The van der Waals surface area contributed by atoms with E-state index in [4.69, 9.17) is 9.15 Å². The van der Waals surface area contributed by atoms with Crippen LogP contribution >= 0.6 is 0 Å². The molecular weight excluding hydrogens is 288 g/mol. The molecule has 2 heterocycles. The molecule has 7 heteroatoms. The van der Waals surface area contributed by atoms with Crippen molar-refractivity contribution < 1.29 is 18.9 Å². The lowest BCUT2D eigenvalue weighted by molar-refractivity contribution is -0.385. The van der Waals surface area contributed by atoms with Gasteiger partial charge < -0.3 is 9.15 Å². The number of esters is 1. The molecule has 0 aliphatic carbocycles. The summed E-state index contributed by atoms with van der Waals surface area (Å²) in [7, 11) is 0. The Morgan fingerprint density at radius 3 is 2.68 bits per heavy atom. The molecule has 0 bridgehead atoms. The fourth-order valence-corrected chi connectivity index (χ4v) is 2.00. The van der Waals surface area contributed by atoms with Gasteiger partial charge in [0, 0.05) is 12.1 Å². The van der Waals surface area contributed by atoms with Gasteiger partial charge in [0.05, 0.1) is 4.92 Å². The molecule has 0 saturated heterocycles. The van der Waals surface area contributed by atoms with E-state index in [-0.39, 0.29) is 22.8 Å². The second-order valence-electron chi connectivity index (χ2n) is 4.56. The lowest BCUT2D eigenvalue weighted by Gasteiger charge is -2.00. The maximum absolute atomic E-state index is 11.8. The molecule has 7 nitrogen and oxygen atoms in total. The summed E-state index contributed by atoms with van der Waals surface area (Å²) in [6.07, 6.45) is 1.43. The van der Waals surface area contributed by atoms with Crippen LogP contribution in [0.4, 0.5) is 5.69 Å². The molecule has 1 aliphatic heterocycles. The minimum Gasteiger partial charge on any atom is -0.462 e. The predicted molar refractivity (Wildman–Crippen MR) is 77.1 cm³/mol. The van der Waals surface area contributed by atoms with Crippen LogP contribution in [0.3, 0.4) is 0 Å². The molecule has 1 aromatic carbocycles. The number of aliphatic imine (C=N–C) groups is 1. The van der Waals surface area contributed by atoms with Crippen LogP contribution in [0, 0.1) is 17.0 Å². The van der Waals surface area contributed by atoms with Crippen LogP contribution in [-0.4, -0.2) is 16.8 Å². The summed E-state index contributed by atoms with van der Waals surface area (Å²) in [5, 5.41) is 11.0. The molecule has 1 aliphatic rings. The summed E-state index contributed by atoms with van der Waals surface area (Å²) in [6.45, 7) is 1.77. The largest absolute Gasteiger partial charge is 0.462 e. The molecule has 0 amide bonds. The number of ether oxygens (including phenoxy) is 1. The van der Waals surface area contributed by atoms with Crippen LogP contribution in [0.1, 0.15) is 17.1 Å². The van der Waals surface area contributed by atoms with Crippen molar-refractivity contribution in [2.45, 2.75) is 6.92 Å². The number of nitrogens with zero attached hydrogens (tertiary/aromatic N) is 2. The third-order valence-corrected chi connectivity index (χ3v) is 2.99. The van der Waals surface area contributed by atoms with Gasteiger partial charge in [-0.2, -0.15) is 0 Å². The molecule has 0 fully saturated rings. The van der Waals surface area contributed by atoms with Gasteiger partial charge in [0.25, 0.3) is 5.69 Å². The molecule has 22 heavy (non-hydrogen) atoms. The van der Waals surface area contributed by atoms with Gasteiger partial charge in [-0.25, -0.2) is 9.79 Å². The highest BCUT2D eigenvalue weighted by atomic mass is 16.6. The van der Waals surface area contributed by atoms with Crippen molar-refractivity contribution in [1.82, 2.24) is 0 Å². The van der Waals surface area contributed by atoms with E-state index in [1.54, 1.807) is 25.1 Å². The van der Waals surface area contributed by atoms with E-state index in [1.165, 1.54) is 24.3 Å². The lowest BCUT2D eigenvalue weighted by atomic mass is 10.2. The number of carbonyl (C=O) groups is 1. The van der Waals surface area contributed by atoms with E-state index in [0.717, 1.165) is 0 Å². The normalized spacial score (nSPS) is 15.8. The van der Waals surface area contributed by atoms with Gasteiger partial charge in [0.1, 0.15) is 17.1 Å². The first-order valence-corrected chi connectivity index (χ1v) is 6.37. The van der Waals surface area contributed by atoms with Crippen molar-refractivity contribution in [2.75, 3.05) is 0 Å². The molecule has 1 aromatic heterocycles. The van der Waals surface area contributed by atoms with Gasteiger partial charge in [0.15, 0.2) is 5.70 Å². The minimum absolute atomic E-state index is 0.0301. The van der Waals surface area contributed by atoms with Crippen molar-refractivity contribution in [3.63, 3.8) is 0 Å². The number of nitro groups is 1. The third-order valence-electron chi connectivity index (χ3n) is 2.99. The smallest absolute Gasteiger partial charge is 0.363 e. The Labute approximate surface area is 124 Å². The Morgan fingerprint density at radius 2 is 2.00 bits per heavy atom. The van der Waals surface area contributed by atoms with E-state index >= 15 is 0 Å². The van der Waals surface area contributed by atoms with Gasteiger partial charge in [0.2, 0.25) is 5.90 Å². The molecule has 0 spiro atoms. The van der Waals surface area contributed by atoms with Gasteiger partial charge >= 0.3 is 5.97 Å². The fraction of sp³-hybridized carbons (Fsp3) is 0.0667. The average Bonchev–Trinajstić information content (AvgIpc) is 3.06. The van der Waals surface area contributed by atoms with Crippen molar-refractivity contribution >= 4 is 23.6 Å².